The lowest BCUT2D eigenvalue weighted by Crippen LogP contribution is -2.44. The minimum absolute atomic E-state index is 0.000400. The van der Waals surface area contributed by atoms with Crippen molar-refractivity contribution in [1.29, 1.82) is 0 Å². The Balaban J connectivity index is 2.77. The minimum Gasteiger partial charge on any atom is -0.481 e. The molecule has 6 nitrogen and oxygen atoms in total. The molecule has 0 aromatic heterocycles. The van der Waals surface area contributed by atoms with Gasteiger partial charge in [-0.1, -0.05) is 44.2 Å². The molecule has 1 amide bonds. The standard InChI is InChI=1S/C16H21NO5/c1-10(2)14(20)12(8-9-13(18)19)17-16(22)15(21)11-6-4-3-5-7-11/h3-7,10,12,15,21H,8-9H2,1-2H3,(H,17,22)(H,18,19). The first-order valence-electron chi connectivity index (χ1n) is 7.11. The molecule has 0 fully saturated rings. The quantitative estimate of drug-likeness (QED) is 0.671. The molecule has 1 rings (SSSR count). The van der Waals surface area contributed by atoms with Gasteiger partial charge < -0.3 is 15.5 Å². The van der Waals surface area contributed by atoms with Gasteiger partial charge in [-0.2, -0.15) is 0 Å². The molecule has 120 valence electrons. The molecule has 0 radical (unpaired) electrons. The summed E-state index contributed by atoms with van der Waals surface area (Å²) in [5, 5.41) is 21.2. The van der Waals surface area contributed by atoms with Gasteiger partial charge in [0.2, 0.25) is 0 Å². The Morgan fingerprint density at radius 1 is 1.14 bits per heavy atom. The highest BCUT2D eigenvalue weighted by molar-refractivity contribution is 5.92. The molecule has 1 aromatic rings. The molecule has 0 bridgehead atoms. The second kappa shape index (κ2) is 8.29. The van der Waals surface area contributed by atoms with Crippen LogP contribution in [0.2, 0.25) is 0 Å². The van der Waals surface area contributed by atoms with E-state index in [-0.39, 0.29) is 24.5 Å². The van der Waals surface area contributed by atoms with Crippen molar-refractivity contribution in [2.75, 3.05) is 0 Å². The first-order valence-corrected chi connectivity index (χ1v) is 7.11. The maximum Gasteiger partial charge on any atom is 0.303 e. The van der Waals surface area contributed by atoms with Crippen molar-refractivity contribution in [1.82, 2.24) is 5.32 Å². The zero-order valence-corrected chi connectivity index (χ0v) is 12.7. The van der Waals surface area contributed by atoms with Crippen LogP contribution in [0.15, 0.2) is 30.3 Å². The topological polar surface area (TPSA) is 104 Å². The third-order valence-electron chi connectivity index (χ3n) is 3.24. The highest BCUT2D eigenvalue weighted by Crippen LogP contribution is 2.14. The Morgan fingerprint density at radius 3 is 2.23 bits per heavy atom. The van der Waals surface area contributed by atoms with Crippen LogP contribution in [0.1, 0.15) is 38.4 Å². The fourth-order valence-corrected chi connectivity index (χ4v) is 1.99. The van der Waals surface area contributed by atoms with E-state index in [2.05, 4.69) is 5.32 Å². The largest absolute Gasteiger partial charge is 0.481 e. The minimum atomic E-state index is -1.39. The average Bonchev–Trinajstić information content (AvgIpc) is 2.50. The summed E-state index contributed by atoms with van der Waals surface area (Å²) in [6, 6.07) is 7.41. The average molecular weight is 307 g/mol. The number of hydrogen-bond donors (Lipinski definition) is 3. The Hall–Kier alpha value is -2.21. The van der Waals surface area contributed by atoms with E-state index in [1.54, 1.807) is 44.2 Å². The first-order chi connectivity index (χ1) is 10.3. The lowest BCUT2D eigenvalue weighted by atomic mass is 9.97. The first kappa shape index (κ1) is 17.8. The second-order valence-corrected chi connectivity index (χ2v) is 5.36. The maximum atomic E-state index is 12.1. The van der Waals surface area contributed by atoms with Gasteiger partial charge in [0.1, 0.15) is 0 Å². The lowest BCUT2D eigenvalue weighted by molar-refractivity contribution is -0.138. The Bertz CT molecular complexity index is 527. The third-order valence-corrected chi connectivity index (χ3v) is 3.24. The number of benzene rings is 1. The van der Waals surface area contributed by atoms with Crippen LogP contribution in [0, 0.1) is 5.92 Å². The number of amides is 1. The van der Waals surface area contributed by atoms with Crippen molar-refractivity contribution in [3.63, 3.8) is 0 Å². The van der Waals surface area contributed by atoms with Crippen LogP contribution in [-0.2, 0) is 14.4 Å². The van der Waals surface area contributed by atoms with Gasteiger partial charge >= 0.3 is 5.97 Å². The number of carboxylic acid groups (broad SMARTS) is 1. The van der Waals surface area contributed by atoms with E-state index in [1.165, 1.54) is 0 Å². The van der Waals surface area contributed by atoms with E-state index in [1.807, 2.05) is 0 Å². The van der Waals surface area contributed by atoms with E-state index in [0.717, 1.165) is 0 Å². The monoisotopic (exact) mass is 307 g/mol. The van der Waals surface area contributed by atoms with Crippen LogP contribution >= 0.6 is 0 Å². The zero-order chi connectivity index (χ0) is 16.7. The second-order valence-electron chi connectivity index (χ2n) is 5.36. The van der Waals surface area contributed by atoms with E-state index < -0.39 is 24.0 Å². The van der Waals surface area contributed by atoms with Crippen LogP contribution in [0.25, 0.3) is 0 Å². The molecule has 0 saturated carbocycles. The summed E-state index contributed by atoms with van der Waals surface area (Å²) in [6.45, 7) is 3.35. The highest BCUT2D eigenvalue weighted by Gasteiger charge is 2.27. The van der Waals surface area contributed by atoms with Gasteiger partial charge in [0.25, 0.3) is 5.91 Å². The summed E-state index contributed by atoms with van der Waals surface area (Å²) in [6.07, 6.45) is -1.63. The molecule has 0 aliphatic rings. The summed E-state index contributed by atoms with van der Waals surface area (Å²) in [5.74, 6) is -2.35. The molecule has 6 heteroatoms. The molecule has 22 heavy (non-hydrogen) atoms. The van der Waals surface area contributed by atoms with E-state index in [9.17, 15) is 19.5 Å². The summed E-state index contributed by atoms with van der Waals surface area (Å²) in [7, 11) is 0. The van der Waals surface area contributed by atoms with Gasteiger partial charge in [-0.15, -0.1) is 0 Å². The van der Waals surface area contributed by atoms with E-state index >= 15 is 0 Å². The molecule has 2 unspecified atom stereocenters. The van der Waals surface area contributed by atoms with Crippen molar-refractivity contribution in [3.8, 4) is 0 Å². The number of hydrogen-bond acceptors (Lipinski definition) is 4. The maximum absolute atomic E-state index is 12.1. The third kappa shape index (κ3) is 5.29. The zero-order valence-electron chi connectivity index (χ0n) is 12.7. The van der Waals surface area contributed by atoms with Crippen LogP contribution < -0.4 is 5.32 Å². The number of carbonyl (C=O) groups excluding carboxylic acids is 2. The predicted molar refractivity (Wildman–Crippen MR) is 80.0 cm³/mol. The summed E-state index contributed by atoms with van der Waals surface area (Å²) < 4.78 is 0. The highest BCUT2D eigenvalue weighted by atomic mass is 16.4. The fourth-order valence-electron chi connectivity index (χ4n) is 1.99. The molecule has 2 atom stereocenters. The molecule has 0 heterocycles. The lowest BCUT2D eigenvalue weighted by Gasteiger charge is -2.21. The molecule has 0 aliphatic carbocycles. The number of carboxylic acids is 1. The summed E-state index contributed by atoms with van der Waals surface area (Å²) >= 11 is 0. The van der Waals surface area contributed by atoms with Gasteiger partial charge in [-0.3, -0.25) is 14.4 Å². The van der Waals surface area contributed by atoms with Crippen molar-refractivity contribution in [2.24, 2.45) is 5.92 Å². The van der Waals surface area contributed by atoms with Crippen molar-refractivity contribution in [3.05, 3.63) is 35.9 Å². The van der Waals surface area contributed by atoms with E-state index in [0.29, 0.717) is 5.56 Å². The Labute approximate surface area is 129 Å². The van der Waals surface area contributed by atoms with Gasteiger partial charge in [0, 0.05) is 12.3 Å². The molecule has 0 aliphatic heterocycles. The van der Waals surface area contributed by atoms with Gasteiger partial charge in [0.05, 0.1) is 6.04 Å². The number of aliphatic hydroxyl groups is 1. The fraction of sp³-hybridized carbons (Fsp3) is 0.438. The van der Waals surface area contributed by atoms with Crippen molar-refractivity contribution >= 4 is 17.7 Å². The molecular formula is C16H21NO5. The number of aliphatic hydroxyl groups excluding tert-OH is 1. The van der Waals surface area contributed by atoms with Gasteiger partial charge in [-0.25, -0.2) is 0 Å². The SMILES string of the molecule is CC(C)C(=O)C(CCC(=O)O)NC(=O)C(O)c1ccccc1. The number of Topliss-reactive ketones (excluding diaryl/α,β-unsaturated/α-hetero) is 1. The molecule has 3 N–H and O–H groups in total. The number of nitrogens with one attached hydrogen (secondary N) is 1. The van der Waals surface area contributed by atoms with Gasteiger partial charge in [-0.05, 0) is 12.0 Å². The Morgan fingerprint density at radius 2 is 1.73 bits per heavy atom. The summed E-state index contributed by atoms with van der Waals surface area (Å²) in [4.78, 5) is 34.8. The number of ketones is 1. The number of rotatable bonds is 8. The van der Waals surface area contributed by atoms with Gasteiger partial charge in [0.15, 0.2) is 11.9 Å². The van der Waals surface area contributed by atoms with Crippen molar-refractivity contribution in [2.45, 2.75) is 38.8 Å². The molecule has 0 saturated heterocycles. The molecule has 0 spiro atoms. The van der Waals surface area contributed by atoms with Crippen LogP contribution in [0.5, 0.6) is 0 Å². The van der Waals surface area contributed by atoms with Crippen LogP contribution in [0.4, 0.5) is 0 Å². The van der Waals surface area contributed by atoms with E-state index in [4.69, 9.17) is 5.11 Å². The van der Waals surface area contributed by atoms with Crippen LogP contribution in [-0.4, -0.2) is 33.9 Å². The molecular weight excluding hydrogens is 286 g/mol. The Kier molecular flexibility index (Phi) is 6.72. The predicted octanol–water partition coefficient (Wildman–Crippen LogP) is 1.29. The smallest absolute Gasteiger partial charge is 0.303 e. The van der Waals surface area contributed by atoms with Crippen molar-refractivity contribution < 1.29 is 24.6 Å². The summed E-state index contributed by atoms with van der Waals surface area (Å²) in [5.41, 5.74) is 0.411. The number of aliphatic carboxylic acids is 1. The molecule has 1 aromatic carbocycles. The number of carbonyl (C=O) groups is 3. The van der Waals surface area contributed by atoms with Crippen LogP contribution in [0.3, 0.4) is 0 Å². The normalized spacial score (nSPS) is 13.5.